The Bertz CT molecular complexity index is 903. The Hall–Kier alpha value is -2.91. The van der Waals surface area contributed by atoms with Gasteiger partial charge in [0.1, 0.15) is 11.4 Å². The number of fused-ring (bicyclic) bond motifs is 1. The minimum atomic E-state index is -0.605. The van der Waals surface area contributed by atoms with Crippen molar-refractivity contribution in [3.8, 4) is 5.75 Å². The highest BCUT2D eigenvalue weighted by atomic mass is 16.6. The van der Waals surface area contributed by atoms with Crippen molar-refractivity contribution in [2.24, 2.45) is 11.8 Å². The van der Waals surface area contributed by atoms with Crippen molar-refractivity contribution in [2.75, 3.05) is 7.11 Å². The van der Waals surface area contributed by atoms with E-state index in [0.29, 0.717) is 23.1 Å². The third kappa shape index (κ3) is 3.12. The number of carbonyl (C=O) groups is 1. The first-order valence-electron chi connectivity index (χ1n) is 9.85. The number of nitrogens with one attached hydrogen (secondary N) is 1. The fourth-order valence-corrected chi connectivity index (χ4v) is 4.87. The molecule has 2 saturated carbocycles. The van der Waals surface area contributed by atoms with E-state index < -0.39 is 11.6 Å². The number of rotatable bonds is 5. The van der Waals surface area contributed by atoms with Crippen LogP contribution in [-0.4, -0.2) is 23.6 Å². The summed E-state index contributed by atoms with van der Waals surface area (Å²) < 4.78 is 11.3. The van der Waals surface area contributed by atoms with Gasteiger partial charge in [-0.3, -0.25) is 0 Å². The molecule has 2 aliphatic carbocycles. The second-order valence-corrected chi connectivity index (χ2v) is 7.69. The Balaban J connectivity index is 1.63. The predicted octanol–water partition coefficient (Wildman–Crippen LogP) is 4.37. The van der Waals surface area contributed by atoms with E-state index in [1.54, 1.807) is 31.4 Å². The van der Waals surface area contributed by atoms with E-state index in [-0.39, 0.29) is 5.71 Å². The highest BCUT2D eigenvalue weighted by Gasteiger charge is 2.58. The fourth-order valence-electron chi connectivity index (χ4n) is 4.87. The third-order valence-corrected chi connectivity index (χ3v) is 6.28. The van der Waals surface area contributed by atoms with Gasteiger partial charge in [-0.15, -0.1) is 0 Å². The van der Waals surface area contributed by atoms with Crippen LogP contribution in [0.25, 0.3) is 0 Å². The average Bonchev–Trinajstić information content (AvgIpc) is 2.73. The zero-order chi connectivity index (χ0) is 19.6. The van der Waals surface area contributed by atoms with Crippen molar-refractivity contribution in [2.45, 2.75) is 37.7 Å². The molecule has 2 aromatic rings. The van der Waals surface area contributed by atoms with Crippen molar-refractivity contribution in [1.82, 2.24) is 0 Å². The van der Waals surface area contributed by atoms with Crippen molar-refractivity contribution in [3.63, 3.8) is 0 Å². The lowest BCUT2D eigenvalue weighted by atomic mass is 9.53. The molecule has 144 valence electrons. The second kappa shape index (κ2) is 7.61. The van der Waals surface area contributed by atoms with Gasteiger partial charge in [-0.05, 0) is 55.0 Å². The monoisotopic (exact) mass is 377 g/mol. The SMILES string of the molecule is COc1ccc(C(=[N+]=N)C(=O)O[C@@]2(c3ccccc3)C[C@@H]3CCCC[C@H]32)cc1. The quantitative estimate of drug-likeness (QED) is 0.364. The van der Waals surface area contributed by atoms with Gasteiger partial charge >= 0.3 is 11.7 Å². The molecule has 2 aromatic carbocycles. The first-order chi connectivity index (χ1) is 13.7. The molecule has 28 heavy (non-hydrogen) atoms. The normalized spacial score (nSPS) is 25.6. The fraction of sp³-hybridized carbons (Fsp3) is 0.391. The van der Waals surface area contributed by atoms with E-state index in [4.69, 9.17) is 15.0 Å². The summed E-state index contributed by atoms with van der Waals surface area (Å²) >= 11 is 0. The summed E-state index contributed by atoms with van der Waals surface area (Å²) in [4.78, 5) is 16.6. The van der Waals surface area contributed by atoms with E-state index >= 15 is 0 Å². The molecule has 0 saturated heterocycles. The molecular weight excluding hydrogens is 352 g/mol. The van der Waals surface area contributed by atoms with E-state index in [1.807, 2.05) is 30.3 Å². The number of methoxy groups -OCH3 is 1. The molecule has 0 aliphatic heterocycles. The minimum Gasteiger partial charge on any atom is -0.497 e. The van der Waals surface area contributed by atoms with Crippen molar-refractivity contribution < 1.29 is 19.1 Å². The van der Waals surface area contributed by atoms with Crippen LogP contribution < -0.4 is 4.74 Å². The number of hydrogen-bond donors (Lipinski definition) is 1. The summed E-state index contributed by atoms with van der Waals surface area (Å²) in [5.74, 6) is 1.11. The van der Waals surface area contributed by atoms with Gasteiger partial charge in [-0.25, -0.2) is 4.79 Å². The Morgan fingerprint density at radius 3 is 2.43 bits per heavy atom. The lowest BCUT2D eigenvalue weighted by Gasteiger charge is -2.56. The Kier molecular flexibility index (Phi) is 5.01. The lowest BCUT2D eigenvalue weighted by Crippen LogP contribution is -2.56. The molecule has 0 radical (unpaired) electrons. The molecule has 0 aromatic heterocycles. The Labute approximate surface area is 164 Å². The number of esters is 1. The maximum atomic E-state index is 13.1. The zero-order valence-electron chi connectivity index (χ0n) is 16.1. The van der Waals surface area contributed by atoms with E-state index in [0.717, 1.165) is 18.4 Å². The topological polar surface area (TPSA) is 73.5 Å². The molecule has 0 spiro atoms. The van der Waals surface area contributed by atoms with Crippen LogP contribution in [0.1, 0.15) is 43.2 Å². The zero-order valence-corrected chi connectivity index (χ0v) is 16.1. The number of ether oxygens (including phenoxy) is 2. The van der Waals surface area contributed by atoms with Gasteiger partial charge in [-0.1, -0.05) is 43.2 Å². The second-order valence-electron chi connectivity index (χ2n) is 7.69. The molecule has 2 fully saturated rings. The maximum absolute atomic E-state index is 13.1. The first kappa shape index (κ1) is 18.5. The van der Waals surface area contributed by atoms with Gasteiger partial charge in [0.25, 0.3) is 0 Å². The molecule has 5 nitrogen and oxygen atoms in total. The first-order valence-corrected chi connectivity index (χ1v) is 9.85. The highest BCUT2D eigenvalue weighted by Crippen LogP contribution is 2.59. The Morgan fingerprint density at radius 2 is 1.79 bits per heavy atom. The molecular formula is C23H25N2O3+. The molecule has 0 heterocycles. The molecule has 1 N–H and O–H groups in total. The van der Waals surface area contributed by atoms with Crippen LogP contribution in [0.4, 0.5) is 0 Å². The number of carbonyl (C=O) groups excluding carboxylic acids is 1. The van der Waals surface area contributed by atoms with E-state index in [9.17, 15) is 4.79 Å². The summed E-state index contributed by atoms with van der Waals surface area (Å²) in [5.41, 5.74) is 8.58. The summed E-state index contributed by atoms with van der Waals surface area (Å²) in [6.07, 6.45) is 5.55. The van der Waals surface area contributed by atoms with Crippen molar-refractivity contribution >= 4 is 11.7 Å². The van der Waals surface area contributed by atoms with Gasteiger partial charge in [0.05, 0.1) is 23.0 Å². The van der Waals surface area contributed by atoms with Gasteiger partial charge < -0.3 is 9.47 Å². The third-order valence-electron chi connectivity index (χ3n) is 6.28. The molecule has 0 bridgehead atoms. The van der Waals surface area contributed by atoms with Gasteiger partial charge in [0.15, 0.2) is 0 Å². The number of nitrogens with zero attached hydrogens (tertiary/aromatic N) is 1. The molecule has 0 amide bonds. The molecule has 0 unspecified atom stereocenters. The van der Waals surface area contributed by atoms with Crippen LogP contribution in [0.3, 0.4) is 0 Å². The molecule has 2 aliphatic rings. The molecule has 4 rings (SSSR count). The van der Waals surface area contributed by atoms with Crippen LogP contribution in [0.5, 0.6) is 5.75 Å². The summed E-state index contributed by atoms with van der Waals surface area (Å²) in [6, 6.07) is 17.0. The summed E-state index contributed by atoms with van der Waals surface area (Å²) in [6.45, 7) is 0. The number of hydrogen-bond acceptors (Lipinski definition) is 4. The summed E-state index contributed by atoms with van der Waals surface area (Å²) in [7, 11) is 1.59. The van der Waals surface area contributed by atoms with Crippen molar-refractivity contribution in [1.29, 1.82) is 5.53 Å². The number of benzene rings is 2. The van der Waals surface area contributed by atoms with Crippen molar-refractivity contribution in [3.05, 3.63) is 65.7 Å². The van der Waals surface area contributed by atoms with Crippen LogP contribution in [0, 0.1) is 17.4 Å². The standard InChI is InChI=1S/C23H25N2O3/c1-27-19-13-11-16(12-14-19)21(25-24)22(26)28-23(18-8-3-2-4-9-18)15-17-7-5-6-10-20(17)23/h2-4,8-9,11-14,17,20,24H,5-7,10,15H2,1H3/q+1/t17-,20+,23+/m0/s1. The van der Waals surface area contributed by atoms with Crippen LogP contribution in [0.2, 0.25) is 0 Å². The Morgan fingerprint density at radius 1 is 1.07 bits per heavy atom. The predicted molar refractivity (Wildman–Crippen MR) is 104 cm³/mol. The van der Waals surface area contributed by atoms with E-state index in [2.05, 4.69) is 4.79 Å². The van der Waals surface area contributed by atoms with Crippen LogP contribution >= 0.6 is 0 Å². The maximum Gasteiger partial charge on any atom is 0.455 e. The average molecular weight is 377 g/mol. The lowest BCUT2D eigenvalue weighted by molar-refractivity contribution is -0.206. The van der Waals surface area contributed by atoms with Gasteiger partial charge in [0, 0.05) is 5.92 Å². The molecule has 5 heteroatoms. The summed E-state index contributed by atoms with van der Waals surface area (Å²) in [5, 5.41) is 0. The van der Waals surface area contributed by atoms with Crippen LogP contribution in [0.15, 0.2) is 54.6 Å². The minimum absolute atomic E-state index is 0.0252. The highest BCUT2D eigenvalue weighted by molar-refractivity contribution is 6.40. The smallest absolute Gasteiger partial charge is 0.455 e. The van der Waals surface area contributed by atoms with Gasteiger partial charge in [-0.2, -0.15) is 0 Å². The van der Waals surface area contributed by atoms with Gasteiger partial charge in [0.2, 0.25) is 0 Å². The molecule has 3 atom stereocenters. The van der Waals surface area contributed by atoms with E-state index in [1.165, 1.54) is 19.3 Å². The van der Waals surface area contributed by atoms with Crippen LogP contribution in [-0.2, 0) is 15.1 Å². The largest absolute Gasteiger partial charge is 0.497 e.